The SMILES string of the molecule is O=C(O)c1ccc2c(c1)CCCC(c1ccc(F)cc1C(F)(F)F)=C2c1ccc(C(F)(F)C2CN(CCCF)C2)cc1. The second-order valence-corrected chi connectivity index (χ2v) is 10.8. The predicted octanol–water partition coefficient (Wildman–Crippen LogP) is 8.22. The lowest BCUT2D eigenvalue weighted by atomic mass is 9.84. The van der Waals surface area contributed by atoms with Gasteiger partial charge in [0, 0.05) is 25.2 Å². The molecule has 0 amide bonds. The van der Waals surface area contributed by atoms with Crippen LogP contribution in [0, 0.1) is 11.7 Å². The third-order valence-electron chi connectivity index (χ3n) is 8.04. The first-order chi connectivity index (χ1) is 19.9. The lowest BCUT2D eigenvalue weighted by molar-refractivity contribution is -0.138. The molecule has 1 aliphatic carbocycles. The number of carboxylic acid groups (broad SMARTS) is 1. The summed E-state index contributed by atoms with van der Waals surface area (Å²) in [5, 5.41) is 9.49. The Kier molecular flexibility index (Phi) is 8.20. The Balaban J connectivity index is 1.62. The summed E-state index contributed by atoms with van der Waals surface area (Å²) in [6, 6.07) is 12.2. The second kappa shape index (κ2) is 11.6. The van der Waals surface area contributed by atoms with E-state index in [1.165, 1.54) is 42.5 Å². The average Bonchev–Trinajstić information content (AvgIpc) is 3.11. The highest BCUT2D eigenvalue weighted by Gasteiger charge is 2.47. The van der Waals surface area contributed by atoms with Crippen molar-refractivity contribution in [2.24, 2.45) is 5.92 Å². The Morgan fingerprint density at radius 1 is 0.905 bits per heavy atom. The zero-order valence-electron chi connectivity index (χ0n) is 22.5. The first-order valence-corrected chi connectivity index (χ1v) is 13.6. The molecule has 3 nitrogen and oxygen atoms in total. The van der Waals surface area contributed by atoms with Gasteiger partial charge in [-0.25, -0.2) is 18.0 Å². The number of halogens is 7. The molecule has 1 N–H and O–H groups in total. The zero-order valence-corrected chi connectivity index (χ0v) is 22.5. The van der Waals surface area contributed by atoms with Crippen LogP contribution < -0.4 is 0 Å². The molecular formula is C32H28F7NO2. The van der Waals surface area contributed by atoms with E-state index in [1.807, 2.05) is 0 Å². The summed E-state index contributed by atoms with van der Waals surface area (Å²) in [5.74, 6) is -6.31. The number of nitrogens with zero attached hydrogens (tertiary/aromatic N) is 1. The van der Waals surface area contributed by atoms with Crippen LogP contribution in [-0.2, 0) is 18.5 Å². The molecule has 3 aromatic rings. The molecule has 3 aromatic carbocycles. The van der Waals surface area contributed by atoms with Gasteiger partial charge >= 0.3 is 12.1 Å². The summed E-state index contributed by atoms with van der Waals surface area (Å²) in [5.41, 5.74) is 0.517. The van der Waals surface area contributed by atoms with Crippen LogP contribution >= 0.6 is 0 Å². The van der Waals surface area contributed by atoms with Crippen molar-refractivity contribution >= 4 is 17.1 Å². The fourth-order valence-corrected chi connectivity index (χ4v) is 5.89. The first-order valence-electron chi connectivity index (χ1n) is 13.6. The van der Waals surface area contributed by atoms with Crippen LogP contribution in [0.4, 0.5) is 30.7 Å². The van der Waals surface area contributed by atoms with Crippen molar-refractivity contribution in [3.8, 4) is 0 Å². The molecule has 0 unspecified atom stereocenters. The highest BCUT2D eigenvalue weighted by atomic mass is 19.4. The van der Waals surface area contributed by atoms with Gasteiger partial charge in [0.1, 0.15) is 5.82 Å². The van der Waals surface area contributed by atoms with Gasteiger partial charge in [-0.15, -0.1) is 0 Å². The van der Waals surface area contributed by atoms with Crippen LogP contribution in [0.3, 0.4) is 0 Å². The zero-order chi connectivity index (χ0) is 30.2. The summed E-state index contributed by atoms with van der Waals surface area (Å²) >= 11 is 0. The molecule has 1 fully saturated rings. The number of likely N-dealkylation sites (tertiary alicyclic amines) is 1. The molecule has 0 atom stereocenters. The van der Waals surface area contributed by atoms with Crippen molar-refractivity contribution in [3.63, 3.8) is 0 Å². The van der Waals surface area contributed by atoms with Crippen LogP contribution in [0.5, 0.6) is 0 Å². The Bertz CT molecular complexity index is 1510. The monoisotopic (exact) mass is 591 g/mol. The van der Waals surface area contributed by atoms with Crippen molar-refractivity contribution in [1.29, 1.82) is 0 Å². The molecule has 1 heterocycles. The molecule has 0 bridgehead atoms. The molecule has 10 heteroatoms. The Labute approximate surface area is 238 Å². The number of rotatable bonds is 8. The van der Waals surface area contributed by atoms with Gasteiger partial charge in [0.05, 0.1) is 23.7 Å². The van der Waals surface area contributed by atoms with E-state index in [0.717, 1.165) is 12.1 Å². The maximum atomic E-state index is 15.3. The summed E-state index contributed by atoms with van der Waals surface area (Å²) in [7, 11) is 0. The van der Waals surface area contributed by atoms with Gasteiger partial charge in [0.2, 0.25) is 0 Å². The highest BCUT2D eigenvalue weighted by Crippen LogP contribution is 2.46. The fourth-order valence-electron chi connectivity index (χ4n) is 5.89. The number of hydrogen-bond donors (Lipinski definition) is 1. The molecule has 5 rings (SSSR count). The van der Waals surface area contributed by atoms with E-state index in [2.05, 4.69) is 0 Å². The lowest BCUT2D eigenvalue weighted by Crippen LogP contribution is -2.53. The third kappa shape index (κ3) is 5.82. The molecule has 0 aromatic heterocycles. The van der Waals surface area contributed by atoms with Crippen molar-refractivity contribution in [2.75, 3.05) is 26.3 Å². The number of aryl methyl sites for hydroxylation is 1. The minimum Gasteiger partial charge on any atom is -0.478 e. The number of benzene rings is 3. The Hall–Kier alpha value is -3.66. The minimum atomic E-state index is -4.86. The molecule has 42 heavy (non-hydrogen) atoms. The number of alkyl halides is 6. The van der Waals surface area contributed by atoms with Gasteiger partial charge in [-0.05, 0) is 83.3 Å². The number of carbonyl (C=O) groups is 1. The maximum absolute atomic E-state index is 15.3. The number of aromatic carboxylic acids is 1. The minimum absolute atomic E-state index is 0.0189. The number of carboxylic acids is 1. The highest BCUT2D eigenvalue weighted by molar-refractivity contribution is 6.01. The number of fused-ring (bicyclic) bond motifs is 1. The lowest BCUT2D eigenvalue weighted by Gasteiger charge is -2.43. The van der Waals surface area contributed by atoms with Crippen molar-refractivity contribution in [3.05, 3.63) is 105 Å². The molecule has 1 saturated heterocycles. The number of hydrogen-bond acceptors (Lipinski definition) is 2. The molecule has 2 aliphatic rings. The van der Waals surface area contributed by atoms with E-state index < -0.39 is 42.0 Å². The molecule has 222 valence electrons. The summed E-state index contributed by atoms with van der Waals surface area (Å²) in [6.07, 6.45) is -3.65. The second-order valence-electron chi connectivity index (χ2n) is 10.8. The number of allylic oxidation sites excluding steroid dienone is 1. The van der Waals surface area contributed by atoms with Crippen LogP contribution in [0.1, 0.15) is 63.0 Å². The molecule has 0 radical (unpaired) electrons. The largest absolute Gasteiger partial charge is 0.478 e. The summed E-state index contributed by atoms with van der Waals surface area (Å²) < 4.78 is 99.3. The van der Waals surface area contributed by atoms with Gasteiger partial charge in [-0.2, -0.15) is 13.2 Å². The van der Waals surface area contributed by atoms with Crippen molar-refractivity contribution < 1.29 is 40.6 Å². The van der Waals surface area contributed by atoms with Crippen LogP contribution in [0.2, 0.25) is 0 Å². The Morgan fingerprint density at radius 2 is 1.60 bits per heavy atom. The average molecular weight is 592 g/mol. The van der Waals surface area contributed by atoms with Crippen molar-refractivity contribution in [1.82, 2.24) is 4.90 Å². The van der Waals surface area contributed by atoms with Crippen LogP contribution in [-0.4, -0.2) is 42.3 Å². The van der Waals surface area contributed by atoms with Gasteiger partial charge in [-0.3, -0.25) is 4.39 Å². The molecule has 1 aliphatic heterocycles. The van der Waals surface area contributed by atoms with Gasteiger partial charge < -0.3 is 10.0 Å². The first kappa shape index (κ1) is 29.8. The van der Waals surface area contributed by atoms with E-state index in [-0.39, 0.29) is 48.2 Å². The van der Waals surface area contributed by atoms with E-state index >= 15 is 8.78 Å². The normalized spacial score (nSPS) is 16.6. The maximum Gasteiger partial charge on any atom is 0.417 e. The molecule has 0 spiro atoms. The van der Waals surface area contributed by atoms with Gasteiger partial charge in [0.15, 0.2) is 0 Å². The van der Waals surface area contributed by atoms with Gasteiger partial charge in [0.25, 0.3) is 5.92 Å². The Morgan fingerprint density at radius 3 is 2.24 bits per heavy atom. The van der Waals surface area contributed by atoms with Crippen LogP contribution in [0.25, 0.3) is 11.1 Å². The van der Waals surface area contributed by atoms with Crippen LogP contribution in [0.15, 0.2) is 60.7 Å². The van der Waals surface area contributed by atoms with E-state index in [4.69, 9.17) is 0 Å². The predicted molar refractivity (Wildman–Crippen MR) is 145 cm³/mol. The van der Waals surface area contributed by atoms with E-state index in [9.17, 15) is 31.9 Å². The summed E-state index contributed by atoms with van der Waals surface area (Å²) in [4.78, 5) is 13.4. The summed E-state index contributed by atoms with van der Waals surface area (Å²) in [6.45, 7) is 0.160. The smallest absolute Gasteiger partial charge is 0.417 e. The molecular weight excluding hydrogens is 563 g/mol. The quantitative estimate of drug-likeness (QED) is 0.269. The van der Waals surface area contributed by atoms with Crippen molar-refractivity contribution in [2.45, 2.75) is 37.8 Å². The fraction of sp³-hybridized carbons (Fsp3) is 0.344. The standard InChI is InChI=1S/C32H28F7NO2/c33-13-2-14-40-17-23(18-40)31(35,36)22-8-5-19(6-9-22)29-25-11-7-21(30(41)42)15-20(25)3-1-4-27(29)26-12-10-24(34)16-28(26)32(37,38)39/h5-12,15-16,23H,1-4,13-14,17-18H2,(H,41,42). The van der Waals surface area contributed by atoms with E-state index in [0.29, 0.717) is 47.7 Å². The third-order valence-corrected chi connectivity index (χ3v) is 8.04. The van der Waals surface area contributed by atoms with E-state index in [1.54, 1.807) is 4.90 Å². The van der Waals surface area contributed by atoms with Gasteiger partial charge in [-0.1, -0.05) is 36.4 Å². The topological polar surface area (TPSA) is 40.5 Å². The molecule has 0 saturated carbocycles.